The van der Waals surface area contributed by atoms with Crippen molar-refractivity contribution in [1.82, 2.24) is 4.90 Å². The Morgan fingerprint density at radius 2 is 1.77 bits per heavy atom. The molecule has 0 aromatic heterocycles. The highest BCUT2D eigenvalue weighted by molar-refractivity contribution is 5.71. The van der Waals surface area contributed by atoms with Gasteiger partial charge >= 0.3 is 0 Å². The quantitative estimate of drug-likeness (QED) is 0.652. The van der Waals surface area contributed by atoms with Gasteiger partial charge in [0.05, 0.1) is 0 Å². The number of nitrogens with zero attached hydrogens (tertiary/aromatic N) is 1. The smallest absolute Gasteiger partial charge is 0.0233 e. The van der Waals surface area contributed by atoms with E-state index in [0.29, 0.717) is 0 Å². The Kier molecular flexibility index (Phi) is 4.82. The average molecular weight is 344 g/mol. The molecule has 1 heteroatoms. The minimum atomic E-state index is 0.719. The number of hydrogen-bond acceptors (Lipinski definition) is 1. The fourth-order valence-corrected chi connectivity index (χ4v) is 4.42. The lowest BCUT2D eigenvalue weighted by molar-refractivity contribution is 0.204. The molecule has 4 rings (SSSR count). The molecule has 0 N–H and O–H groups in total. The third-order valence-electron chi connectivity index (χ3n) is 6.12. The summed E-state index contributed by atoms with van der Waals surface area (Å²) in [6.07, 6.45) is 4.86. The van der Waals surface area contributed by atoms with Crippen LogP contribution < -0.4 is 0 Å². The molecule has 1 aliphatic heterocycles. The van der Waals surface area contributed by atoms with Crippen LogP contribution in [-0.4, -0.2) is 18.0 Å². The van der Waals surface area contributed by atoms with E-state index < -0.39 is 0 Å². The van der Waals surface area contributed by atoms with Crippen molar-refractivity contribution in [2.24, 2.45) is 0 Å². The molecular formula is C25H29N. The van der Waals surface area contributed by atoms with Crippen LogP contribution in [0.4, 0.5) is 0 Å². The van der Waals surface area contributed by atoms with Gasteiger partial charge in [0.1, 0.15) is 0 Å². The molecule has 0 unspecified atom stereocenters. The van der Waals surface area contributed by atoms with E-state index in [1.54, 1.807) is 5.56 Å². The topological polar surface area (TPSA) is 3.24 Å². The second kappa shape index (κ2) is 7.25. The van der Waals surface area contributed by atoms with Crippen molar-refractivity contribution < 1.29 is 0 Å². The van der Waals surface area contributed by atoms with Crippen LogP contribution >= 0.6 is 0 Å². The summed E-state index contributed by atoms with van der Waals surface area (Å²) in [6.45, 7) is 13.7. The van der Waals surface area contributed by atoms with Gasteiger partial charge in [-0.1, -0.05) is 61.2 Å². The lowest BCUT2D eigenvalue weighted by atomic mass is 9.87. The normalized spacial score (nSPS) is 18.1. The SMILES string of the molecule is C=C(C)c1ccc(CN2CCC(c3ccc4c(c3)CCC4=C)CC2)cc1. The highest BCUT2D eigenvalue weighted by atomic mass is 15.1. The third-order valence-corrected chi connectivity index (χ3v) is 6.12. The lowest BCUT2D eigenvalue weighted by Gasteiger charge is -2.32. The third kappa shape index (κ3) is 3.54. The number of fused-ring (bicyclic) bond motifs is 1. The first-order valence-electron chi connectivity index (χ1n) is 9.88. The Labute approximate surface area is 158 Å². The highest BCUT2D eigenvalue weighted by Gasteiger charge is 2.22. The maximum absolute atomic E-state index is 4.19. The van der Waals surface area contributed by atoms with Crippen molar-refractivity contribution in [2.75, 3.05) is 13.1 Å². The van der Waals surface area contributed by atoms with Gasteiger partial charge in [-0.2, -0.15) is 0 Å². The molecule has 0 radical (unpaired) electrons. The molecule has 0 amide bonds. The van der Waals surface area contributed by atoms with E-state index >= 15 is 0 Å². The summed E-state index contributed by atoms with van der Waals surface area (Å²) < 4.78 is 0. The summed E-state index contributed by atoms with van der Waals surface area (Å²) in [5, 5.41) is 0. The van der Waals surface area contributed by atoms with Crippen molar-refractivity contribution in [3.63, 3.8) is 0 Å². The lowest BCUT2D eigenvalue weighted by Crippen LogP contribution is -2.32. The number of piperidine rings is 1. The number of aryl methyl sites for hydroxylation is 1. The van der Waals surface area contributed by atoms with Crippen LogP contribution in [-0.2, 0) is 13.0 Å². The van der Waals surface area contributed by atoms with Crippen molar-refractivity contribution in [3.05, 3.63) is 83.4 Å². The fourth-order valence-electron chi connectivity index (χ4n) is 4.42. The van der Waals surface area contributed by atoms with Crippen LogP contribution in [0.15, 0.2) is 55.6 Å². The monoisotopic (exact) mass is 343 g/mol. The Balaban J connectivity index is 1.35. The Bertz CT molecular complexity index is 820. The van der Waals surface area contributed by atoms with Crippen LogP contribution in [0.5, 0.6) is 0 Å². The second-order valence-corrected chi connectivity index (χ2v) is 8.05. The Morgan fingerprint density at radius 3 is 2.46 bits per heavy atom. The van der Waals surface area contributed by atoms with E-state index in [4.69, 9.17) is 0 Å². The summed E-state index contributed by atoms with van der Waals surface area (Å²) in [4.78, 5) is 2.60. The fraction of sp³-hybridized carbons (Fsp3) is 0.360. The largest absolute Gasteiger partial charge is 0.299 e. The maximum Gasteiger partial charge on any atom is 0.0233 e. The first-order chi connectivity index (χ1) is 12.6. The molecule has 2 aromatic rings. The summed E-state index contributed by atoms with van der Waals surface area (Å²) in [6, 6.07) is 16.0. The second-order valence-electron chi connectivity index (χ2n) is 8.05. The zero-order chi connectivity index (χ0) is 18.1. The molecule has 134 valence electrons. The van der Waals surface area contributed by atoms with E-state index in [9.17, 15) is 0 Å². The summed E-state index contributed by atoms with van der Waals surface area (Å²) in [5.74, 6) is 0.719. The predicted molar refractivity (Wildman–Crippen MR) is 112 cm³/mol. The van der Waals surface area contributed by atoms with Crippen molar-refractivity contribution >= 4 is 11.1 Å². The van der Waals surface area contributed by atoms with Gasteiger partial charge < -0.3 is 0 Å². The zero-order valence-corrected chi connectivity index (χ0v) is 15.9. The molecule has 0 atom stereocenters. The van der Waals surface area contributed by atoms with Gasteiger partial charge in [-0.3, -0.25) is 4.90 Å². The van der Waals surface area contributed by atoms with Gasteiger partial charge in [0.25, 0.3) is 0 Å². The van der Waals surface area contributed by atoms with Gasteiger partial charge in [0, 0.05) is 6.54 Å². The number of rotatable bonds is 4. The molecule has 0 spiro atoms. The molecule has 1 fully saturated rings. The molecule has 1 aliphatic carbocycles. The standard InChI is InChI=1S/C25H29N/c1-18(2)21-8-5-20(6-9-21)17-26-14-12-22(13-15-26)23-10-11-25-19(3)4-7-24(25)16-23/h5-6,8-11,16,22H,1,3-4,7,12-15,17H2,2H3. The van der Waals surface area contributed by atoms with E-state index in [0.717, 1.165) is 24.5 Å². The highest BCUT2D eigenvalue weighted by Crippen LogP contribution is 2.35. The van der Waals surface area contributed by atoms with E-state index in [1.165, 1.54) is 60.2 Å². The molecule has 0 saturated carbocycles. The van der Waals surface area contributed by atoms with E-state index in [2.05, 4.69) is 67.4 Å². The molecule has 1 saturated heterocycles. The zero-order valence-electron chi connectivity index (χ0n) is 15.9. The van der Waals surface area contributed by atoms with Crippen LogP contribution in [0.2, 0.25) is 0 Å². The minimum Gasteiger partial charge on any atom is -0.299 e. The first-order valence-corrected chi connectivity index (χ1v) is 9.88. The number of likely N-dealkylation sites (tertiary alicyclic amines) is 1. The van der Waals surface area contributed by atoms with Gasteiger partial charge in [0.2, 0.25) is 0 Å². The average Bonchev–Trinajstić information content (AvgIpc) is 3.03. The Morgan fingerprint density at radius 1 is 1.04 bits per heavy atom. The molecular weight excluding hydrogens is 314 g/mol. The van der Waals surface area contributed by atoms with Crippen LogP contribution in [0, 0.1) is 0 Å². The van der Waals surface area contributed by atoms with Gasteiger partial charge in [0.15, 0.2) is 0 Å². The van der Waals surface area contributed by atoms with Crippen LogP contribution in [0.3, 0.4) is 0 Å². The predicted octanol–water partition coefficient (Wildman–Crippen LogP) is 6.06. The van der Waals surface area contributed by atoms with Crippen molar-refractivity contribution in [3.8, 4) is 0 Å². The minimum absolute atomic E-state index is 0.719. The van der Waals surface area contributed by atoms with Crippen molar-refractivity contribution in [1.29, 1.82) is 0 Å². The Hall–Kier alpha value is -2.12. The van der Waals surface area contributed by atoms with Gasteiger partial charge in [-0.05, 0) is 85.0 Å². The number of allylic oxidation sites excluding steroid dienone is 2. The van der Waals surface area contributed by atoms with Crippen molar-refractivity contribution in [2.45, 2.75) is 45.1 Å². The van der Waals surface area contributed by atoms with E-state index in [-0.39, 0.29) is 0 Å². The van der Waals surface area contributed by atoms with Crippen LogP contribution in [0.25, 0.3) is 11.1 Å². The molecule has 0 bridgehead atoms. The summed E-state index contributed by atoms with van der Waals surface area (Å²) in [5.41, 5.74) is 9.58. The first kappa shape index (κ1) is 17.3. The molecule has 26 heavy (non-hydrogen) atoms. The van der Waals surface area contributed by atoms with E-state index in [1.807, 2.05) is 0 Å². The summed E-state index contributed by atoms with van der Waals surface area (Å²) >= 11 is 0. The number of benzene rings is 2. The van der Waals surface area contributed by atoms with Gasteiger partial charge in [-0.15, -0.1) is 0 Å². The molecule has 1 heterocycles. The maximum atomic E-state index is 4.19. The van der Waals surface area contributed by atoms with Gasteiger partial charge in [-0.25, -0.2) is 0 Å². The summed E-state index contributed by atoms with van der Waals surface area (Å²) in [7, 11) is 0. The molecule has 2 aliphatic rings. The number of hydrogen-bond donors (Lipinski definition) is 0. The molecule has 1 nitrogen and oxygen atoms in total. The molecule has 2 aromatic carbocycles. The van der Waals surface area contributed by atoms with Crippen LogP contribution in [0.1, 0.15) is 59.9 Å².